The van der Waals surface area contributed by atoms with Gasteiger partial charge in [-0.05, 0) is 49.4 Å². The van der Waals surface area contributed by atoms with Crippen LogP contribution in [0.1, 0.15) is 36.8 Å². The predicted octanol–water partition coefficient (Wildman–Crippen LogP) is 2.96. The summed E-state index contributed by atoms with van der Waals surface area (Å²) in [5.41, 5.74) is 8.20. The molecule has 3 heteroatoms. The van der Waals surface area contributed by atoms with Gasteiger partial charge in [0.15, 0.2) is 0 Å². The normalized spacial score (nSPS) is 20.0. The Morgan fingerprint density at radius 1 is 1.39 bits per heavy atom. The Morgan fingerprint density at radius 2 is 2.06 bits per heavy atom. The highest BCUT2D eigenvalue weighted by atomic mass is 19.1. The van der Waals surface area contributed by atoms with Gasteiger partial charge in [-0.25, -0.2) is 4.39 Å². The molecule has 0 aliphatic heterocycles. The van der Waals surface area contributed by atoms with Crippen LogP contribution in [0.5, 0.6) is 0 Å². The lowest BCUT2D eigenvalue weighted by Gasteiger charge is -2.34. The van der Waals surface area contributed by atoms with Gasteiger partial charge in [0, 0.05) is 13.2 Å². The molecule has 2 rings (SSSR count). The number of ether oxygens (including phenoxy) is 1. The van der Waals surface area contributed by atoms with Crippen LogP contribution in [0.15, 0.2) is 18.2 Å². The van der Waals surface area contributed by atoms with Crippen LogP contribution in [0.25, 0.3) is 0 Å². The van der Waals surface area contributed by atoms with Crippen molar-refractivity contribution in [1.29, 1.82) is 0 Å². The number of nitrogens with two attached hydrogens (primary N) is 1. The zero-order chi connectivity index (χ0) is 13.2. The van der Waals surface area contributed by atoms with Gasteiger partial charge in [-0.3, -0.25) is 0 Å². The first-order chi connectivity index (χ1) is 8.57. The van der Waals surface area contributed by atoms with Gasteiger partial charge in [-0.15, -0.1) is 0 Å². The summed E-state index contributed by atoms with van der Waals surface area (Å²) in [6, 6.07) is 4.83. The van der Waals surface area contributed by atoms with Crippen LogP contribution in [-0.4, -0.2) is 18.8 Å². The second kappa shape index (κ2) is 5.37. The molecule has 0 heterocycles. The highest BCUT2D eigenvalue weighted by Gasteiger charge is 2.39. The molecule has 0 aromatic heterocycles. The van der Waals surface area contributed by atoms with Crippen LogP contribution in [0.4, 0.5) is 4.39 Å². The largest absolute Gasteiger partial charge is 0.377 e. The number of halogens is 1. The van der Waals surface area contributed by atoms with Gasteiger partial charge in [-0.2, -0.15) is 0 Å². The summed E-state index contributed by atoms with van der Waals surface area (Å²) in [7, 11) is 1.74. The summed E-state index contributed by atoms with van der Waals surface area (Å²) >= 11 is 0. The van der Waals surface area contributed by atoms with E-state index in [1.54, 1.807) is 13.2 Å². The molecule has 1 aliphatic carbocycles. The van der Waals surface area contributed by atoms with Crippen molar-refractivity contribution in [2.24, 2.45) is 5.73 Å². The molecule has 1 aromatic carbocycles. The number of hydrogen-bond acceptors (Lipinski definition) is 2. The third-order valence-electron chi connectivity index (χ3n) is 4.28. The molecule has 1 saturated carbocycles. The molecular formula is C15H22FNO. The van der Waals surface area contributed by atoms with Gasteiger partial charge in [0.05, 0.1) is 5.60 Å². The van der Waals surface area contributed by atoms with Crippen molar-refractivity contribution in [3.63, 3.8) is 0 Å². The molecule has 1 atom stereocenters. The second-order valence-corrected chi connectivity index (χ2v) is 5.36. The fourth-order valence-corrected chi connectivity index (χ4v) is 2.98. The molecule has 1 aromatic rings. The number of rotatable bonds is 4. The van der Waals surface area contributed by atoms with Gasteiger partial charge < -0.3 is 10.5 Å². The third-order valence-corrected chi connectivity index (χ3v) is 4.28. The summed E-state index contributed by atoms with van der Waals surface area (Å²) in [5.74, 6) is -0.194. The Labute approximate surface area is 108 Å². The monoisotopic (exact) mass is 251 g/mol. The van der Waals surface area contributed by atoms with Crippen LogP contribution in [0, 0.1) is 12.7 Å². The van der Waals surface area contributed by atoms with E-state index >= 15 is 0 Å². The maximum atomic E-state index is 13.3. The van der Waals surface area contributed by atoms with E-state index in [0.717, 1.165) is 24.0 Å². The maximum absolute atomic E-state index is 13.3. The third kappa shape index (κ3) is 2.57. The van der Waals surface area contributed by atoms with E-state index in [1.807, 2.05) is 13.0 Å². The zero-order valence-corrected chi connectivity index (χ0v) is 11.2. The maximum Gasteiger partial charge on any atom is 0.123 e. The predicted molar refractivity (Wildman–Crippen MR) is 71.0 cm³/mol. The fourth-order valence-electron chi connectivity index (χ4n) is 2.98. The summed E-state index contributed by atoms with van der Waals surface area (Å²) in [6.45, 7) is 2.00. The summed E-state index contributed by atoms with van der Waals surface area (Å²) in [4.78, 5) is 0. The van der Waals surface area contributed by atoms with Gasteiger partial charge in [0.2, 0.25) is 0 Å². The van der Waals surface area contributed by atoms with E-state index in [1.165, 1.54) is 18.9 Å². The average molecular weight is 251 g/mol. The minimum atomic E-state index is -0.210. The second-order valence-electron chi connectivity index (χ2n) is 5.36. The van der Waals surface area contributed by atoms with Gasteiger partial charge >= 0.3 is 0 Å². The summed E-state index contributed by atoms with van der Waals surface area (Å²) in [5, 5.41) is 0. The Hall–Kier alpha value is -0.930. The molecule has 0 saturated heterocycles. The number of methoxy groups -OCH3 is 1. The molecule has 0 amide bonds. The molecule has 0 spiro atoms. The quantitative estimate of drug-likeness (QED) is 0.893. The van der Waals surface area contributed by atoms with E-state index in [-0.39, 0.29) is 17.5 Å². The van der Waals surface area contributed by atoms with Crippen molar-refractivity contribution in [2.45, 2.75) is 50.7 Å². The minimum Gasteiger partial charge on any atom is -0.377 e. The molecule has 0 radical (unpaired) electrons. The van der Waals surface area contributed by atoms with E-state index in [9.17, 15) is 4.39 Å². The molecular weight excluding hydrogens is 229 g/mol. The van der Waals surface area contributed by atoms with Crippen LogP contribution in [0.3, 0.4) is 0 Å². The van der Waals surface area contributed by atoms with Crippen molar-refractivity contribution in [3.8, 4) is 0 Å². The standard InChI is InChI=1S/C15H22FNO/c1-11-5-6-13(16)9-12(11)10-14(17)15(18-2)7-3-4-8-15/h5-6,9,14H,3-4,7-8,10,17H2,1-2H3. The molecule has 1 unspecified atom stereocenters. The van der Waals surface area contributed by atoms with Crippen molar-refractivity contribution < 1.29 is 9.13 Å². The molecule has 18 heavy (non-hydrogen) atoms. The van der Waals surface area contributed by atoms with E-state index in [4.69, 9.17) is 10.5 Å². The number of aryl methyl sites for hydroxylation is 1. The lowest BCUT2D eigenvalue weighted by Crippen LogP contribution is -2.48. The molecule has 2 N–H and O–H groups in total. The SMILES string of the molecule is COC1(C(N)Cc2cc(F)ccc2C)CCCC1. The lowest BCUT2D eigenvalue weighted by molar-refractivity contribution is -0.0254. The topological polar surface area (TPSA) is 35.2 Å². The van der Waals surface area contributed by atoms with Crippen LogP contribution in [-0.2, 0) is 11.2 Å². The highest BCUT2D eigenvalue weighted by Crippen LogP contribution is 2.36. The van der Waals surface area contributed by atoms with Crippen molar-refractivity contribution in [1.82, 2.24) is 0 Å². The van der Waals surface area contributed by atoms with Gasteiger partial charge in [-0.1, -0.05) is 18.9 Å². The molecule has 2 nitrogen and oxygen atoms in total. The Bertz CT molecular complexity index is 413. The number of benzene rings is 1. The van der Waals surface area contributed by atoms with Gasteiger partial charge in [0.1, 0.15) is 5.82 Å². The molecule has 1 fully saturated rings. The van der Waals surface area contributed by atoms with E-state index in [0.29, 0.717) is 6.42 Å². The Balaban J connectivity index is 2.15. The van der Waals surface area contributed by atoms with Crippen molar-refractivity contribution >= 4 is 0 Å². The van der Waals surface area contributed by atoms with Crippen LogP contribution in [0.2, 0.25) is 0 Å². The van der Waals surface area contributed by atoms with E-state index < -0.39 is 0 Å². The summed E-state index contributed by atoms with van der Waals surface area (Å²) < 4.78 is 19.0. The number of hydrogen-bond donors (Lipinski definition) is 1. The molecule has 0 bridgehead atoms. The van der Waals surface area contributed by atoms with Gasteiger partial charge in [0.25, 0.3) is 0 Å². The zero-order valence-electron chi connectivity index (χ0n) is 11.2. The Kier molecular flexibility index (Phi) is 4.03. The summed E-state index contributed by atoms with van der Waals surface area (Å²) in [6.07, 6.45) is 5.04. The van der Waals surface area contributed by atoms with Crippen LogP contribution < -0.4 is 5.73 Å². The highest BCUT2D eigenvalue weighted by molar-refractivity contribution is 5.28. The average Bonchev–Trinajstić information content (AvgIpc) is 2.84. The first-order valence-corrected chi connectivity index (χ1v) is 6.63. The first-order valence-electron chi connectivity index (χ1n) is 6.63. The molecule has 100 valence electrons. The van der Waals surface area contributed by atoms with E-state index in [2.05, 4.69) is 0 Å². The van der Waals surface area contributed by atoms with Crippen molar-refractivity contribution in [3.05, 3.63) is 35.1 Å². The smallest absolute Gasteiger partial charge is 0.123 e. The lowest BCUT2D eigenvalue weighted by atomic mass is 9.87. The fraction of sp³-hybridized carbons (Fsp3) is 0.600. The van der Waals surface area contributed by atoms with Crippen molar-refractivity contribution in [2.75, 3.05) is 7.11 Å². The van der Waals surface area contributed by atoms with Crippen LogP contribution >= 0.6 is 0 Å². The molecule has 1 aliphatic rings. The minimum absolute atomic E-state index is 0.0644. The Morgan fingerprint density at radius 3 is 2.67 bits per heavy atom. The first kappa shape index (κ1) is 13.5.